The lowest BCUT2D eigenvalue weighted by atomic mass is 9.92. The second kappa shape index (κ2) is 10.1. The van der Waals surface area contributed by atoms with Gasteiger partial charge < -0.3 is 9.84 Å². The summed E-state index contributed by atoms with van der Waals surface area (Å²) in [4.78, 5) is 18.1. The molecular weight excluding hydrogens is 521 g/mol. The van der Waals surface area contributed by atoms with Crippen molar-refractivity contribution in [3.8, 4) is 11.4 Å². The van der Waals surface area contributed by atoms with Crippen LogP contribution in [0.3, 0.4) is 0 Å². The molecule has 4 rings (SSSR count). The molecule has 0 amide bonds. The highest BCUT2D eigenvalue weighted by Gasteiger charge is 2.71. The van der Waals surface area contributed by atoms with E-state index in [2.05, 4.69) is 4.98 Å². The van der Waals surface area contributed by atoms with Crippen molar-refractivity contribution in [2.45, 2.75) is 24.4 Å². The fourth-order valence-electron chi connectivity index (χ4n) is 3.96. The van der Waals surface area contributed by atoms with Gasteiger partial charge in [-0.3, -0.25) is 9.36 Å². The van der Waals surface area contributed by atoms with E-state index in [0.717, 1.165) is 22.3 Å². The number of benzene rings is 3. The number of aliphatic hydroxyl groups is 1. The molecule has 38 heavy (non-hydrogen) atoms. The van der Waals surface area contributed by atoms with E-state index in [0.29, 0.717) is 12.1 Å². The smallest absolute Gasteiger partial charge is 0.430 e. The first kappa shape index (κ1) is 27.1. The molecule has 0 bridgehead atoms. The number of rotatable bonds is 7. The average Bonchev–Trinajstić information content (AvgIpc) is 2.87. The maximum Gasteiger partial charge on any atom is 0.430 e. The van der Waals surface area contributed by atoms with E-state index in [4.69, 9.17) is 4.74 Å². The third-order valence-electron chi connectivity index (χ3n) is 5.82. The normalized spacial score (nSPS) is 12.6. The fourth-order valence-corrected chi connectivity index (χ4v) is 3.96. The Kier molecular flexibility index (Phi) is 7.20. The molecule has 4 aromatic rings. The first-order chi connectivity index (χ1) is 17.9. The first-order valence-corrected chi connectivity index (χ1v) is 11.1. The third kappa shape index (κ3) is 4.95. The van der Waals surface area contributed by atoms with Crippen molar-refractivity contribution >= 4 is 10.9 Å². The fraction of sp³-hybridized carbons (Fsp3) is 0.231. The zero-order chi connectivity index (χ0) is 27.7. The lowest BCUT2D eigenvalue weighted by molar-refractivity contribution is -0.376. The lowest BCUT2D eigenvalue weighted by Gasteiger charge is -2.32. The molecule has 0 spiro atoms. The minimum atomic E-state index is -6.05. The number of nitrogens with zero attached hydrogens (tertiary/aromatic N) is 2. The molecule has 0 saturated carbocycles. The van der Waals surface area contributed by atoms with Crippen LogP contribution in [0.25, 0.3) is 16.6 Å². The monoisotopic (exact) mass is 540 g/mol. The first-order valence-electron chi connectivity index (χ1n) is 11.1. The van der Waals surface area contributed by atoms with Gasteiger partial charge in [-0.2, -0.15) is 26.3 Å². The quantitative estimate of drug-likeness (QED) is 0.309. The molecule has 1 heterocycles. The Balaban J connectivity index is 1.89. The van der Waals surface area contributed by atoms with Gasteiger partial charge in [0.05, 0.1) is 16.6 Å². The van der Waals surface area contributed by atoms with Gasteiger partial charge in [0, 0.05) is 12.0 Å². The molecule has 0 saturated heterocycles. The van der Waals surface area contributed by atoms with Crippen LogP contribution in [0.2, 0.25) is 0 Å². The van der Waals surface area contributed by atoms with Gasteiger partial charge in [-0.05, 0) is 35.9 Å². The van der Waals surface area contributed by atoms with Gasteiger partial charge in [0.2, 0.25) is 0 Å². The molecule has 0 aliphatic rings. The zero-order valence-electron chi connectivity index (χ0n) is 19.4. The van der Waals surface area contributed by atoms with Crippen molar-refractivity contribution < 1.29 is 40.6 Å². The number of ether oxygens (including phenoxy) is 1. The summed E-state index contributed by atoms with van der Waals surface area (Å²) in [6, 6.07) is 15.7. The van der Waals surface area contributed by atoms with E-state index >= 15 is 0 Å². The highest BCUT2D eigenvalue weighted by atomic mass is 19.4. The highest BCUT2D eigenvalue weighted by Crippen LogP contribution is 2.50. The van der Waals surface area contributed by atoms with E-state index in [1.165, 1.54) is 18.2 Å². The van der Waals surface area contributed by atoms with E-state index in [-0.39, 0.29) is 41.2 Å². The molecule has 0 aliphatic heterocycles. The molecule has 0 unspecified atom stereocenters. The van der Waals surface area contributed by atoms with Gasteiger partial charge >= 0.3 is 12.4 Å². The van der Waals surface area contributed by atoms with Crippen molar-refractivity contribution in [3.63, 3.8) is 0 Å². The number of hydrogen-bond donors (Lipinski definition) is 1. The molecule has 1 N–H and O–H groups in total. The lowest BCUT2D eigenvalue weighted by Crippen LogP contribution is -2.53. The summed E-state index contributed by atoms with van der Waals surface area (Å²) in [5.74, 6) is 0.327. The predicted octanol–water partition coefficient (Wildman–Crippen LogP) is 5.64. The topological polar surface area (TPSA) is 64.3 Å². The highest BCUT2D eigenvalue weighted by molar-refractivity contribution is 5.79. The summed E-state index contributed by atoms with van der Waals surface area (Å²) >= 11 is 0. The van der Waals surface area contributed by atoms with Gasteiger partial charge in [0.15, 0.2) is 0 Å². The molecule has 1 aromatic heterocycles. The van der Waals surface area contributed by atoms with Crippen LogP contribution in [-0.4, -0.2) is 40.3 Å². The van der Waals surface area contributed by atoms with E-state index in [1.807, 2.05) is 0 Å². The Morgan fingerprint density at radius 3 is 2.08 bits per heavy atom. The Morgan fingerprint density at radius 1 is 0.868 bits per heavy atom. The van der Waals surface area contributed by atoms with Gasteiger partial charge in [-0.1, -0.05) is 42.5 Å². The van der Waals surface area contributed by atoms with E-state index in [1.54, 1.807) is 30.3 Å². The van der Waals surface area contributed by atoms with Crippen LogP contribution >= 0.6 is 0 Å². The molecule has 5 nitrogen and oxygen atoms in total. The number of hydrogen-bond acceptors (Lipinski definition) is 4. The van der Waals surface area contributed by atoms with Crippen LogP contribution in [0, 0.1) is 0 Å². The van der Waals surface area contributed by atoms with Crippen molar-refractivity contribution in [3.05, 3.63) is 100 Å². The summed E-state index contributed by atoms with van der Waals surface area (Å²) in [7, 11) is 0. The van der Waals surface area contributed by atoms with Crippen LogP contribution < -0.4 is 10.3 Å². The van der Waals surface area contributed by atoms with E-state index < -0.39 is 35.8 Å². The molecule has 3 aromatic carbocycles. The summed E-state index contributed by atoms with van der Waals surface area (Å²) in [5, 5.41) is 9.72. The molecule has 0 radical (unpaired) electrons. The van der Waals surface area contributed by atoms with Crippen LogP contribution in [0.4, 0.5) is 30.7 Å². The summed E-state index contributed by atoms with van der Waals surface area (Å²) < 4.78 is 98.7. The van der Waals surface area contributed by atoms with Crippen LogP contribution in [0.15, 0.2) is 77.6 Å². The number of alkyl halides is 7. The van der Waals surface area contributed by atoms with Gasteiger partial charge in [-0.15, -0.1) is 0 Å². The molecule has 0 fully saturated rings. The minimum Gasteiger partial charge on any atom is -0.491 e. The molecular formula is C26H19F7N2O3. The minimum absolute atomic E-state index is 0.0318. The molecule has 0 aliphatic carbocycles. The second-order valence-corrected chi connectivity index (χ2v) is 8.30. The maximum atomic E-state index is 13.6. The molecule has 12 heteroatoms. The Labute approximate surface area is 210 Å². The average molecular weight is 540 g/mol. The largest absolute Gasteiger partial charge is 0.491 e. The van der Waals surface area contributed by atoms with Gasteiger partial charge in [0.1, 0.15) is 24.9 Å². The van der Waals surface area contributed by atoms with Crippen molar-refractivity contribution in [1.29, 1.82) is 0 Å². The number of aromatic nitrogens is 2. The summed E-state index contributed by atoms with van der Waals surface area (Å²) in [5.41, 5.74) is -6.35. The van der Waals surface area contributed by atoms with Crippen molar-refractivity contribution in [2.24, 2.45) is 0 Å². The Bertz CT molecular complexity index is 1470. The molecule has 200 valence electrons. The van der Waals surface area contributed by atoms with Gasteiger partial charge in [-0.25, -0.2) is 9.37 Å². The van der Waals surface area contributed by atoms with Gasteiger partial charge in [0.25, 0.3) is 11.2 Å². The summed E-state index contributed by atoms with van der Waals surface area (Å²) in [6.07, 6.45) is -12.0. The molecule has 0 atom stereocenters. The Hall–Kier alpha value is -3.93. The van der Waals surface area contributed by atoms with Crippen LogP contribution in [0.5, 0.6) is 5.75 Å². The maximum absolute atomic E-state index is 13.6. The standard InChI is InChI=1S/C26H19F7N2O3/c27-12-13-38-19-10-11-21-20(15-19)23(36)35(22(34-21)14-16-4-2-1-3-5-16)18-8-6-17(7-9-18)24(37,25(28,29)30)26(31,32)33/h1-11,15,37H,12-14H2. The predicted molar refractivity (Wildman–Crippen MR) is 124 cm³/mol. The van der Waals surface area contributed by atoms with Crippen LogP contribution in [0.1, 0.15) is 17.0 Å². The second-order valence-electron chi connectivity index (χ2n) is 8.30. The van der Waals surface area contributed by atoms with E-state index in [9.17, 15) is 40.6 Å². The van der Waals surface area contributed by atoms with Crippen molar-refractivity contribution in [1.82, 2.24) is 9.55 Å². The SMILES string of the molecule is O=c1c2cc(OCCF)ccc2nc(Cc2ccccc2)n1-c1ccc(C(O)(C(F)(F)F)C(F)(F)F)cc1. The third-order valence-corrected chi connectivity index (χ3v) is 5.82. The zero-order valence-corrected chi connectivity index (χ0v) is 19.4. The number of fused-ring (bicyclic) bond motifs is 1. The van der Waals surface area contributed by atoms with Crippen LogP contribution in [-0.2, 0) is 12.0 Å². The summed E-state index contributed by atoms with van der Waals surface area (Å²) in [6.45, 7) is -1.03. The Morgan fingerprint density at radius 2 is 1.50 bits per heavy atom. The number of halogens is 7. The van der Waals surface area contributed by atoms with Crippen molar-refractivity contribution in [2.75, 3.05) is 13.3 Å².